The van der Waals surface area contributed by atoms with E-state index in [1.54, 1.807) is 69.3 Å². The average molecular weight is 542 g/mol. The molecule has 0 heterocycles. The van der Waals surface area contributed by atoms with E-state index in [1.165, 1.54) is 7.11 Å². The Bertz CT molecular complexity index is 1070. The molecule has 10 nitrogen and oxygen atoms in total. The summed E-state index contributed by atoms with van der Waals surface area (Å²) in [5.41, 5.74) is 6.22. The number of nitrogens with two attached hydrogens (primary N) is 1. The summed E-state index contributed by atoms with van der Waals surface area (Å²) in [7, 11) is 1.18. The van der Waals surface area contributed by atoms with Crippen LogP contribution in [-0.2, 0) is 36.8 Å². The summed E-state index contributed by atoms with van der Waals surface area (Å²) >= 11 is 0. The molecule has 0 aliphatic carbocycles. The quantitative estimate of drug-likeness (QED) is 0.234. The van der Waals surface area contributed by atoms with Crippen LogP contribution in [0, 0.1) is 0 Å². The second-order valence-electron chi connectivity index (χ2n) is 9.96. The predicted octanol–water partition coefficient (Wildman–Crippen LogP) is 3.96. The van der Waals surface area contributed by atoms with Crippen molar-refractivity contribution in [3.8, 4) is 0 Å². The van der Waals surface area contributed by atoms with Crippen molar-refractivity contribution in [1.82, 2.24) is 10.2 Å². The fourth-order valence-electron chi connectivity index (χ4n) is 3.80. The Balaban J connectivity index is 2.44. The minimum Gasteiger partial charge on any atom is -0.467 e. The molecule has 0 radical (unpaired) electrons. The number of unbranched alkanes of at least 4 members (excludes halogenated alkanes) is 1. The molecule has 0 aromatic heterocycles. The Morgan fingerprint density at radius 1 is 0.923 bits per heavy atom. The Labute approximate surface area is 229 Å². The van der Waals surface area contributed by atoms with Gasteiger partial charge in [0.25, 0.3) is 5.91 Å². The molecule has 0 saturated carbocycles. The number of imide groups is 1. The third-order valence-electron chi connectivity index (χ3n) is 5.63. The zero-order chi connectivity index (χ0) is 28.8. The van der Waals surface area contributed by atoms with Gasteiger partial charge in [-0.05, 0) is 57.7 Å². The summed E-state index contributed by atoms with van der Waals surface area (Å²) in [5, 5.41) is 2.58. The molecule has 0 bridgehead atoms. The van der Waals surface area contributed by atoms with Gasteiger partial charge < -0.3 is 25.3 Å². The van der Waals surface area contributed by atoms with Crippen molar-refractivity contribution in [2.75, 3.05) is 13.7 Å². The first kappa shape index (κ1) is 31.3. The van der Waals surface area contributed by atoms with Crippen LogP contribution in [0.5, 0.6) is 0 Å². The molecule has 0 spiro atoms. The molecule has 3 N–H and O–H groups in total. The lowest BCUT2D eigenvalue weighted by atomic mass is 10.0. The van der Waals surface area contributed by atoms with Crippen molar-refractivity contribution in [3.63, 3.8) is 0 Å². The molecule has 212 valence electrons. The molecule has 3 amide bonds. The number of rotatable bonds is 12. The van der Waals surface area contributed by atoms with Crippen molar-refractivity contribution in [3.05, 3.63) is 71.8 Å². The van der Waals surface area contributed by atoms with Crippen LogP contribution in [0.15, 0.2) is 60.7 Å². The number of carbonyl (C=O) groups excluding carboxylic acids is 4. The van der Waals surface area contributed by atoms with Gasteiger partial charge >= 0.3 is 18.2 Å². The molecule has 2 atom stereocenters. The van der Waals surface area contributed by atoms with Gasteiger partial charge in [-0.15, -0.1) is 0 Å². The minimum atomic E-state index is -1.28. The Kier molecular flexibility index (Phi) is 12.4. The minimum absolute atomic E-state index is 0.0398. The smallest absolute Gasteiger partial charge is 0.417 e. The van der Waals surface area contributed by atoms with E-state index >= 15 is 0 Å². The first-order valence-corrected chi connectivity index (χ1v) is 12.9. The van der Waals surface area contributed by atoms with E-state index in [1.807, 2.05) is 12.1 Å². The summed E-state index contributed by atoms with van der Waals surface area (Å²) < 4.78 is 15.8. The highest BCUT2D eigenvalue weighted by Gasteiger charge is 2.40. The first-order valence-electron chi connectivity index (χ1n) is 12.9. The Morgan fingerprint density at radius 2 is 1.51 bits per heavy atom. The topological polar surface area (TPSA) is 137 Å². The molecule has 2 rings (SSSR count). The summed E-state index contributed by atoms with van der Waals surface area (Å²) in [5.74, 6) is -1.61. The largest absolute Gasteiger partial charge is 0.467 e. The molecule has 0 unspecified atom stereocenters. The number of alkyl carbamates (subject to hydrolysis) is 1. The molecular formula is C29H39N3O7. The maximum Gasteiger partial charge on any atom is 0.417 e. The maximum absolute atomic E-state index is 14.0. The second-order valence-corrected chi connectivity index (χ2v) is 9.96. The lowest BCUT2D eigenvalue weighted by molar-refractivity contribution is -0.152. The van der Waals surface area contributed by atoms with E-state index in [-0.39, 0.29) is 19.4 Å². The van der Waals surface area contributed by atoms with Gasteiger partial charge in [0, 0.05) is 6.42 Å². The van der Waals surface area contributed by atoms with Crippen LogP contribution in [-0.4, -0.2) is 60.3 Å². The number of carbonyl (C=O) groups is 4. The number of hydrogen-bond acceptors (Lipinski definition) is 8. The Hall–Kier alpha value is -3.92. The number of methoxy groups -OCH3 is 1. The molecule has 0 saturated heterocycles. The highest BCUT2D eigenvalue weighted by atomic mass is 16.6. The number of amides is 3. The number of hydrogen-bond donors (Lipinski definition) is 2. The van der Waals surface area contributed by atoms with Crippen molar-refractivity contribution in [1.29, 1.82) is 0 Å². The first-order chi connectivity index (χ1) is 18.6. The normalized spacial score (nSPS) is 12.5. The van der Waals surface area contributed by atoms with E-state index in [2.05, 4.69) is 5.32 Å². The van der Waals surface area contributed by atoms with Crippen LogP contribution >= 0.6 is 0 Å². The van der Waals surface area contributed by atoms with Gasteiger partial charge in [0.2, 0.25) is 0 Å². The monoisotopic (exact) mass is 541 g/mol. The van der Waals surface area contributed by atoms with E-state index in [0.717, 1.165) is 10.5 Å². The van der Waals surface area contributed by atoms with E-state index in [4.69, 9.17) is 19.9 Å². The van der Waals surface area contributed by atoms with Crippen LogP contribution in [0.1, 0.15) is 51.2 Å². The van der Waals surface area contributed by atoms with Crippen LogP contribution < -0.4 is 11.1 Å². The number of nitrogens with one attached hydrogen (secondary N) is 1. The molecule has 2 aromatic carbocycles. The maximum atomic E-state index is 14.0. The number of ether oxygens (including phenoxy) is 3. The van der Waals surface area contributed by atoms with E-state index in [0.29, 0.717) is 24.9 Å². The van der Waals surface area contributed by atoms with Crippen LogP contribution in [0.25, 0.3) is 0 Å². The zero-order valence-electron chi connectivity index (χ0n) is 23.1. The fraction of sp³-hybridized carbons (Fsp3) is 0.448. The van der Waals surface area contributed by atoms with Crippen LogP contribution in [0.4, 0.5) is 9.59 Å². The molecule has 0 aliphatic heterocycles. The molecule has 0 fully saturated rings. The SMILES string of the molecule is COC(=O)[C@H](CCCCN)N(C(=O)OCc1ccccc1)C(=O)[C@H](Cc1ccccc1)NC(=O)OC(C)(C)C. The number of benzene rings is 2. The van der Waals surface area contributed by atoms with Gasteiger partial charge in [0.15, 0.2) is 0 Å². The summed E-state index contributed by atoms with van der Waals surface area (Å²) in [6.07, 6.45) is -0.700. The summed E-state index contributed by atoms with van der Waals surface area (Å²) in [6, 6.07) is 15.4. The zero-order valence-corrected chi connectivity index (χ0v) is 23.1. The number of esters is 1. The van der Waals surface area contributed by atoms with E-state index in [9.17, 15) is 19.2 Å². The fourth-order valence-corrected chi connectivity index (χ4v) is 3.80. The van der Waals surface area contributed by atoms with Gasteiger partial charge in [0.1, 0.15) is 24.3 Å². The van der Waals surface area contributed by atoms with Gasteiger partial charge in [-0.3, -0.25) is 4.79 Å². The van der Waals surface area contributed by atoms with Gasteiger partial charge in [-0.1, -0.05) is 60.7 Å². The van der Waals surface area contributed by atoms with Crippen LogP contribution in [0.3, 0.4) is 0 Å². The van der Waals surface area contributed by atoms with Crippen molar-refractivity contribution in [2.45, 2.75) is 70.7 Å². The Morgan fingerprint density at radius 3 is 2.05 bits per heavy atom. The highest BCUT2D eigenvalue weighted by Crippen LogP contribution is 2.18. The van der Waals surface area contributed by atoms with Crippen LogP contribution in [0.2, 0.25) is 0 Å². The third-order valence-corrected chi connectivity index (χ3v) is 5.63. The van der Waals surface area contributed by atoms with Crippen molar-refractivity contribution in [2.24, 2.45) is 5.73 Å². The predicted molar refractivity (Wildman–Crippen MR) is 145 cm³/mol. The van der Waals surface area contributed by atoms with E-state index < -0.39 is 41.7 Å². The summed E-state index contributed by atoms with van der Waals surface area (Å²) in [6.45, 7) is 5.33. The average Bonchev–Trinajstić information content (AvgIpc) is 2.90. The van der Waals surface area contributed by atoms with Gasteiger partial charge in [-0.25, -0.2) is 19.3 Å². The standard InChI is InChI=1S/C29H39N3O7/c1-29(2,3)39-27(35)31-23(19-21-13-7-5-8-14-21)25(33)32(24(26(34)37-4)17-11-12-18-30)28(36)38-20-22-15-9-6-10-16-22/h5-10,13-16,23-24H,11-12,17-20,30H2,1-4H3,(H,31,35)/t23-,24-/m0/s1. The molecule has 39 heavy (non-hydrogen) atoms. The second kappa shape index (κ2) is 15.5. The van der Waals surface area contributed by atoms with Gasteiger partial charge in [-0.2, -0.15) is 0 Å². The molecule has 0 aliphatic rings. The lowest BCUT2D eigenvalue weighted by Gasteiger charge is -2.31. The molecular weight excluding hydrogens is 502 g/mol. The summed E-state index contributed by atoms with van der Waals surface area (Å²) in [4.78, 5) is 53.8. The van der Waals surface area contributed by atoms with Crippen molar-refractivity contribution >= 4 is 24.1 Å². The highest BCUT2D eigenvalue weighted by molar-refractivity contribution is 6.00. The third kappa shape index (κ3) is 10.8. The van der Waals surface area contributed by atoms with Crippen molar-refractivity contribution < 1.29 is 33.4 Å². The lowest BCUT2D eigenvalue weighted by Crippen LogP contribution is -2.57. The number of nitrogens with zero attached hydrogens (tertiary/aromatic N) is 1. The molecule has 2 aromatic rings. The van der Waals surface area contributed by atoms with Gasteiger partial charge in [0.05, 0.1) is 7.11 Å². The molecule has 10 heteroatoms.